The van der Waals surface area contributed by atoms with Crippen molar-refractivity contribution in [3.63, 3.8) is 0 Å². The molecule has 2 aliphatic heterocycles. The Labute approximate surface area is 140 Å². The molecule has 9 heteroatoms. The van der Waals surface area contributed by atoms with E-state index in [0.29, 0.717) is 38.1 Å². The summed E-state index contributed by atoms with van der Waals surface area (Å²) in [5.41, 5.74) is -0.358. The number of amides is 2. The van der Waals surface area contributed by atoms with Crippen LogP contribution in [0.4, 0.5) is 4.79 Å². The van der Waals surface area contributed by atoms with E-state index in [2.05, 4.69) is 20.8 Å². The van der Waals surface area contributed by atoms with Crippen molar-refractivity contribution in [2.75, 3.05) is 26.3 Å². The second-order valence-corrected chi connectivity index (χ2v) is 7.08. The molecule has 0 radical (unpaired) electrons. The number of carbonyl (C=O) groups excluding carboxylic acids is 1. The number of tetrazole rings is 1. The lowest BCUT2D eigenvalue weighted by Gasteiger charge is -2.47. The van der Waals surface area contributed by atoms with E-state index in [0.717, 1.165) is 32.3 Å². The first kappa shape index (κ1) is 15.8. The van der Waals surface area contributed by atoms with E-state index in [1.807, 2.05) is 16.5 Å². The third-order valence-electron chi connectivity index (χ3n) is 4.83. The van der Waals surface area contributed by atoms with E-state index in [1.54, 1.807) is 0 Å². The van der Waals surface area contributed by atoms with Gasteiger partial charge in [0, 0.05) is 13.2 Å². The Bertz CT molecular complexity index is 596. The average molecular weight is 336 g/mol. The van der Waals surface area contributed by atoms with Crippen molar-refractivity contribution < 1.29 is 14.3 Å². The van der Waals surface area contributed by atoms with Gasteiger partial charge in [-0.05, 0) is 43.0 Å². The maximum atomic E-state index is 12.6. The quantitative estimate of drug-likeness (QED) is 0.863. The minimum atomic E-state index is -0.358. The Morgan fingerprint density at radius 2 is 2.33 bits per heavy atom. The summed E-state index contributed by atoms with van der Waals surface area (Å²) in [4.78, 5) is 14.4. The van der Waals surface area contributed by atoms with Crippen LogP contribution in [0, 0.1) is 0 Å². The first-order valence-corrected chi connectivity index (χ1v) is 8.70. The van der Waals surface area contributed by atoms with Gasteiger partial charge in [0.15, 0.2) is 5.82 Å². The van der Waals surface area contributed by atoms with Gasteiger partial charge in [-0.2, -0.15) is 0 Å². The Morgan fingerprint density at radius 3 is 3.08 bits per heavy atom. The van der Waals surface area contributed by atoms with Crippen LogP contribution in [0.25, 0.3) is 0 Å². The van der Waals surface area contributed by atoms with Crippen LogP contribution >= 0.6 is 0 Å². The van der Waals surface area contributed by atoms with Gasteiger partial charge in [-0.15, -0.1) is 5.10 Å². The lowest BCUT2D eigenvalue weighted by molar-refractivity contribution is -0.188. The highest BCUT2D eigenvalue weighted by atomic mass is 16.6. The Kier molecular flexibility index (Phi) is 4.13. The average Bonchev–Trinajstić information content (AvgIpc) is 3.31. The van der Waals surface area contributed by atoms with Crippen LogP contribution < -0.4 is 5.32 Å². The number of urea groups is 1. The molecule has 1 aromatic heterocycles. The number of morpholine rings is 1. The molecule has 2 saturated heterocycles. The molecule has 132 valence electrons. The molecule has 4 rings (SSSR count). The van der Waals surface area contributed by atoms with Crippen molar-refractivity contribution in [2.24, 2.45) is 0 Å². The Morgan fingerprint density at radius 1 is 1.46 bits per heavy atom. The molecule has 3 fully saturated rings. The molecule has 1 aromatic rings. The third-order valence-corrected chi connectivity index (χ3v) is 4.83. The number of hydrogen-bond acceptors (Lipinski definition) is 6. The molecule has 9 nitrogen and oxygen atoms in total. The number of hydrogen-bond donors (Lipinski definition) is 1. The van der Waals surface area contributed by atoms with Crippen molar-refractivity contribution in [1.82, 2.24) is 30.4 Å². The fourth-order valence-corrected chi connectivity index (χ4v) is 3.62. The zero-order valence-corrected chi connectivity index (χ0v) is 14.0. The molecule has 2 unspecified atom stereocenters. The number of carbonyl (C=O) groups is 1. The Balaban J connectivity index is 1.37. The molecule has 2 atom stereocenters. The van der Waals surface area contributed by atoms with Crippen LogP contribution in [0.3, 0.4) is 0 Å². The molecule has 0 aromatic carbocycles. The van der Waals surface area contributed by atoms with Crippen LogP contribution in [0.5, 0.6) is 0 Å². The predicted octanol–water partition coefficient (Wildman–Crippen LogP) is 0.488. The molecule has 3 aliphatic rings. The molecule has 1 N–H and O–H groups in total. The monoisotopic (exact) mass is 336 g/mol. The van der Waals surface area contributed by atoms with Gasteiger partial charge in [0.05, 0.1) is 31.8 Å². The molecule has 1 saturated carbocycles. The predicted molar refractivity (Wildman–Crippen MR) is 83.2 cm³/mol. The maximum Gasteiger partial charge on any atom is 0.317 e. The fourth-order valence-electron chi connectivity index (χ4n) is 3.62. The molecule has 3 heterocycles. The van der Waals surface area contributed by atoms with Crippen molar-refractivity contribution >= 4 is 6.03 Å². The highest BCUT2D eigenvalue weighted by Crippen LogP contribution is 2.34. The van der Waals surface area contributed by atoms with E-state index in [4.69, 9.17) is 9.47 Å². The van der Waals surface area contributed by atoms with Crippen molar-refractivity contribution in [3.05, 3.63) is 5.82 Å². The second-order valence-electron chi connectivity index (χ2n) is 7.08. The minimum Gasteiger partial charge on any atom is -0.378 e. The summed E-state index contributed by atoms with van der Waals surface area (Å²) in [7, 11) is 0. The number of nitrogens with zero attached hydrogens (tertiary/aromatic N) is 5. The van der Waals surface area contributed by atoms with E-state index >= 15 is 0 Å². The van der Waals surface area contributed by atoms with Crippen LogP contribution in [-0.2, 0) is 16.0 Å². The summed E-state index contributed by atoms with van der Waals surface area (Å²) in [5, 5.41) is 14.7. The van der Waals surface area contributed by atoms with Gasteiger partial charge in [-0.3, -0.25) is 0 Å². The molecular formula is C15H24N6O3. The first-order chi connectivity index (χ1) is 11.7. The molecule has 24 heavy (non-hydrogen) atoms. The SMILES string of the molecule is CC1CN(C(=O)NCc2nnnn2C2CC2)CC2(CCCOC2)O1. The minimum absolute atomic E-state index is 0.00276. The zero-order valence-electron chi connectivity index (χ0n) is 14.0. The molecule has 1 aliphatic carbocycles. The zero-order chi connectivity index (χ0) is 16.6. The van der Waals surface area contributed by atoms with Crippen molar-refractivity contribution in [1.29, 1.82) is 0 Å². The largest absolute Gasteiger partial charge is 0.378 e. The van der Waals surface area contributed by atoms with E-state index < -0.39 is 0 Å². The van der Waals surface area contributed by atoms with Crippen LogP contribution in [0.2, 0.25) is 0 Å². The molecular weight excluding hydrogens is 312 g/mol. The van der Waals surface area contributed by atoms with E-state index in [-0.39, 0.29) is 17.7 Å². The number of nitrogens with one attached hydrogen (secondary N) is 1. The van der Waals surface area contributed by atoms with Gasteiger partial charge < -0.3 is 19.7 Å². The summed E-state index contributed by atoms with van der Waals surface area (Å²) in [5.74, 6) is 0.711. The fraction of sp³-hybridized carbons (Fsp3) is 0.867. The van der Waals surface area contributed by atoms with E-state index in [1.165, 1.54) is 0 Å². The second kappa shape index (κ2) is 6.29. The van der Waals surface area contributed by atoms with E-state index in [9.17, 15) is 4.79 Å². The van der Waals surface area contributed by atoms with Gasteiger partial charge in [-0.25, -0.2) is 9.48 Å². The van der Waals surface area contributed by atoms with Crippen LogP contribution in [0.1, 0.15) is 44.5 Å². The standard InChI is InChI=1S/C15H24N6O3/c1-11-8-20(9-15(24-11)5-2-6-23-10-15)14(22)16-7-13-17-18-19-21(13)12-3-4-12/h11-12H,2-10H2,1H3,(H,16,22). The molecule has 0 bridgehead atoms. The topological polar surface area (TPSA) is 94.4 Å². The number of aromatic nitrogens is 4. The summed E-state index contributed by atoms with van der Waals surface area (Å²) in [6, 6.07) is 0.304. The molecule has 2 amide bonds. The molecule has 1 spiro atoms. The number of rotatable bonds is 3. The van der Waals surface area contributed by atoms with Gasteiger partial charge in [0.1, 0.15) is 5.60 Å². The third kappa shape index (κ3) is 3.23. The highest BCUT2D eigenvalue weighted by molar-refractivity contribution is 5.74. The summed E-state index contributed by atoms with van der Waals surface area (Å²) < 4.78 is 13.5. The van der Waals surface area contributed by atoms with Crippen molar-refractivity contribution in [2.45, 2.75) is 56.9 Å². The lowest BCUT2D eigenvalue weighted by Crippen LogP contribution is -2.61. The smallest absolute Gasteiger partial charge is 0.317 e. The van der Waals surface area contributed by atoms with Crippen LogP contribution in [0.15, 0.2) is 0 Å². The maximum absolute atomic E-state index is 12.6. The van der Waals surface area contributed by atoms with Gasteiger partial charge in [0.2, 0.25) is 0 Å². The van der Waals surface area contributed by atoms with Crippen molar-refractivity contribution in [3.8, 4) is 0 Å². The summed E-state index contributed by atoms with van der Waals surface area (Å²) in [6.45, 7) is 4.83. The first-order valence-electron chi connectivity index (χ1n) is 8.70. The van der Waals surface area contributed by atoms with Gasteiger partial charge in [0.25, 0.3) is 0 Å². The van der Waals surface area contributed by atoms with Gasteiger partial charge in [-0.1, -0.05) is 0 Å². The van der Waals surface area contributed by atoms with Gasteiger partial charge >= 0.3 is 6.03 Å². The summed E-state index contributed by atoms with van der Waals surface area (Å²) >= 11 is 0. The highest BCUT2D eigenvalue weighted by Gasteiger charge is 2.42. The summed E-state index contributed by atoms with van der Waals surface area (Å²) in [6.07, 6.45) is 4.12. The lowest BCUT2D eigenvalue weighted by atomic mass is 9.93. The number of ether oxygens (including phenoxy) is 2. The van der Waals surface area contributed by atoms with Crippen LogP contribution in [-0.4, -0.2) is 69.1 Å². The Hall–Kier alpha value is -1.74. The normalized spacial score (nSPS) is 30.5.